The Balaban J connectivity index is 2.57. The molecule has 0 saturated heterocycles. The van der Waals surface area contributed by atoms with E-state index in [1.807, 2.05) is 0 Å². The van der Waals surface area contributed by atoms with Crippen molar-refractivity contribution in [2.24, 2.45) is 5.73 Å². The van der Waals surface area contributed by atoms with Gasteiger partial charge in [-0.3, -0.25) is 5.10 Å². The first-order valence-corrected chi connectivity index (χ1v) is 3.07. The highest BCUT2D eigenvalue weighted by Crippen LogP contribution is 2.04. The zero-order valence-corrected chi connectivity index (χ0v) is 5.83. The minimum absolute atomic E-state index is 0.420. The third-order valence-electron chi connectivity index (χ3n) is 1.12. The van der Waals surface area contributed by atoms with E-state index in [2.05, 4.69) is 10.2 Å². The van der Waals surface area contributed by atoms with E-state index in [1.165, 1.54) is 0 Å². The molecule has 1 heterocycles. The molecule has 0 aromatic carbocycles. The van der Waals surface area contributed by atoms with Crippen molar-refractivity contribution in [3.05, 3.63) is 18.0 Å². The van der Waals surface area contributed by atoms with Gasteiger partial charge in [-0.05, 0) is 12.5 Å². The van der Waals surface area contributed by atoms with E-state index in [0.29, 0.717) is 6.42 Å². The van der Waals surface area contributed by atoms with Gasteiger partial charge in [0, 0.05) is 12.6 Å². The number of aliphatic hydroxyl groups is 1. The lowest BCUT2D eigenvalue weighted by atomic mass is 10.1. The monoisotopic (exact) mass is 141 g/mol. The Kier molecular flexibility index (Phi) is 1.74. The Hall–Kier alpha value is -0.870. The van der Waals surface area contributed by atoms with E-state index in [4.69, 9.17) is 10.8 Å². The van der Waals surface area contributed by atoms with Crippen molar-refractivity contribution in [1.82, 2.24) is 10.2 Å². The van der Waals surface area contributed by atoms with Crippen LogP contribution >= 0.6 is 0 Å². The molecule has 0 aliphatic carbocycles. The highest BCUT2D eigenvalue weighted by atomic mass is 16.3. The number of nitrogens with one attached hydrogen (secondary N) is 1. The number of aromatic amines is 1. The Labute approximate surface area is 59.1 Å². The molecule has 0 spiro atoms. The summed E-state index contributed by atoms with van der Waals surface area (Å²) < 4.78 is 0. The molecule has 4 nitrogen and oxygen atoms in total. The molecule has 0 radical (unpaired) electrons. The molecule has 0 bridgehead atoms. The van der Waals surface area contributed by atoms with Crippen LogP contribution in [0.1, 0.15) is 12.5 Å². The van der Waals surface area contributed by atoms with Crippen molar-refractivity contribution in [2.45, 2.75) is 19.1 Å². The van der Waals surface area contributed by atoms with Crippen LogP contribution in [-0.2, 0) is 6.42 Å². The molecular formula is C6H11N3O. The van der Waals surface area contributed by atoms with E-state index < -0.39 is 5.72 Å². The maximum atomic E-state index is 9.13. The molecule has 56 valence electrons. The Morgan fingerprint density at radius 1 is 1.90 bits per heavy atom. The second-order valence-corrected chi connectivity index (χ2v) is 2.64. The Bertz CT molecular complexity index is 187. The average Bonchev–Trinajstić information content (AvgIpc) is 2.12. The van der Waals surface area contributed by atoms with Crippen molar-refractivity contribution in [3.63, 3.8) is 0 Å². The Morgan fingerprint density at radius 3 is 3.00 bits per heavy atom. The first kappa shape index (κ1) is 7.24. The van der Waals surface area contributed by atoms with Crippen LogP contribution in [0, 0.1) is 0 Å². The van der Waals surface area contributed by atoms with Crippen molar-refractivity contribution < 1.29 is 5.11 Å². The number of rotatable bonds is 2. The molecule has 1 aromatic rings. The zero-order valence-electron chi connectivity index (χ0n) is 5.83. The van der Waals surface area contributed by atoms with Crippen LogP contribution in [0.25, 0.3) is 0 Å². The number of nitrogens with two attached hydrogens (primary N) is 1. The molecule has 1 atom stereocenters. The summed E-state index contributed by atoms with van der Waals surface area (Å²) >= 11 is 0. The summed E-state index contributed by atoms with van der Waals surface area (Å²) in [6, 6.07) is 0. The minimum Gasteiger partial charge on any atom is -0.376 e. The van der Waals surface area contributed by atoms with Gasteiger partial charge < -0.3 is 10.8 Å². The van der Waals surface area contributed by atoms with Gasteiger partial charge in [0.15, 0.2) is 0 Å². The van der Waals surface area contributed by atoms with Gasteiger partial charge in [0.05, 0.1) is 6.20 Å². The second kappa shape index (κ2) is 2.40. The van der Waals surface area contributed by atoms with Gasteiger partial charge in [0.2, 0.25) is 0 Å². The van der Waals surface area contributed by atoms with Gasteiger partial charge in [-0.1, -0.05) is 0 Å². The lowest BCUT2D eigenvalue weighted by Gasteiger charge is -2.14. The molecule has 10 heavy (non-hydrogen) atoms. The zero-order chi connectivity index (χ0) is 7.61. The van der Waals surface area contributed by atoms with Crippen molar-refractivity contribution >= 4 is 0 Å². The first-order chi connectivity index (χ1) is 4.58. The molecule has 1 unspecified atom stereocenters. The number of hydrogen-bond acceptors (Lipinski definition) is 3. The van der Waals surface area contributed by atoms with E-state index in [9.17, 15) is 0 Å². The van der Waals surface area contributed by atoms with Crippen LogP contribution in [0.4, 0.5) is 0 Å². The number of nitrogens with zero attached hydrogens (tertiary/aromatic N) is 1. The molecule has 0 saturated carbocycles. The molecule has 1 aromatic heterocycles. The van der Waals surface area contributed by atoms with Gasteiger partial charge in [0.1, 0.15) is 5.72 Å². The summed E-state index contributed by atoms with van der Waals surface area (Å²) in [6.07, 6.45) is 3.77. The third kappa shape index (κ3) is 2.16. The van der Waals surface area contributed by atoms with Crippen LogP contribution in [-0.4, -0.2) is 21.0 Å². The number of hydrogen-bond donors (Lipinski definition) is 3. The summed E-state index contributed by atoms with van der Waals surface area (Å²) in [6.45, 7) is 1.56. The lowest BCUT2D eigenvalue weighted by Crippen LogP contribution is -2.37. The average molecular weight is 141 g/mol. The fourth-order valence-corrected chi connectivity index (χ4v) is 0.788. The fraction of sp³-hybridized carbons (Fsp3) is 0.500. The van der Waals surface area contributed by atoms with Gasteiger partial charge in [-0.2, -0.15) is 5.10 Å². The second-order valence-electron chi connectivity index (χ2n) is 2.64. The summed E-state index contributed by atoms with van der Waals surface area (Å²) in [5.41, 5.74) is 5.12. The van der Waals surface area contributed by atoms with E-state index in [-0.39, 0.29) is 0 Å². The SMILES string of the molecule is CC(N)(O)Cc1cn[nH]c1. The van der Waals surface area contributed by atoms with Crippen molar-refractivity contribution in [3.8, 4) is 0 Å². The summed E-state index contributed by atoms with van der Waals surface area (Å²) in [5, 5.41) is 15.5. The maximum Gasteiger partial charge on any atom is 0.114 e. The van der Waals surface area contributed by atoms with Crippen molar-refractivity contribution in [2.75, 3.05) is 0 Å². The molecular weight excluding hydrogens is 130 g/mol. The predicted octanol–water partition coefficient (Wildman–Crippen LogP) is -0.381. The predicted molar refractivity (Wildman–Crippen MR) is 37.1 cm³/mol. The van der Waals surface area contributed by atoms with E-state index >= 15 is 0 Å². The molecule has 0 aliphatic rings. The van der Waals surface area contributed by atoms with Gasteiger partial charge in [-0.25, -0.2) is 0 Å². The van der Waals surface area contributed by atoms with Crippen LogP contribution in [0.2, 0.25) is 0 Å². The van der Waals surface area contributed by atoms with Crippen LogP contribution in [0.5, 0.6) is 0 Å². The van der Waals surface area contributed by atoms with Crippen LogP contribution < -0.4 is 5.73 Å². The quantitative estimate of drug-likeness (QED) is 0.491. The lowest BCUT2D eigenvalue weighted by molar-refractivity contribution is 0.0677. The Morgan fingerprint density at radius 2 is 2.60 bits per heavy atom. The largest absolute Gasteiger partial charge is 0.376 e. The molecule has 1 rings (SSSR count). The van der Waals surface area contributed by atoms with E-state index in [0.717, 1.165) is 5.56 Å². The first-order valence-electron chi connectivity index (χ1n) is 3.07. The molecule has 0 aliphatic heterocycles. The highest BCUT2D eigenvalue weighted by Gasteiger charge is 2.13. The normalized spacial score (nSPS) is 16.7. The smallest absolute Gasteiger partial charge is 0.114 e. The standard InChI is InChI=1S/C6H11N3O/c1-6(7,10)2-5-3-8-9-4-5/h3-4,10H,2,7H2,1H3,(H,8,9). The van der Waals surface area contributed by atoms with Gasteiger partial charge in [-0.15, -0.1) is 0 Å². The molecule has 4 heteroatoms. The van der Waals surface area contributed by atoms with Gasteiger partial charge in [0.25, 0.3) is 0 Å². The molecule has 0 amide bonds. The van der Waals surface area contributed by atoms with Gasteiger partial charge >= 0.3 is 0 Å². The van der Waals surface area contributed by atoms with Crippen LogP contribution in [0.15, 0.2) is 12.4 Å². The van der Waals surface area contributed by atoms with Crippen molar-refractivity contribution in [1.29, 1.82) is 0 Å². The van der Waals surface area contributed by atoms with E-state index in [1.54, 1.807) is 19.3 Å². The maximum absolute atomic E-state index is 9.13. The molecule has 0 fully saturated rings. The fourth-order valence-electron chi connectivity index (χ4n) is 0.788. The molecule has 4 N–H and O–H groups in total. The van der Waals surface area contributed by atoms with Crippen LogP contribution in [0.3, 0.4) is 0 Å². The third-order valence-corrected chi connectivity index (χ3v) is 1.12. The summed E-state index contributed by atoms with van der Waals surface area (Å²) in [7, 11) is 0. The summed E-state index contributed by atoms with van der Waals surface area (Å²) in [4.78, 5) is 0. The summed E-state index contributed by atoms with van der Waals surface area (Å²) in [5.74, 6) is 0. The topological polar surface area (TPSA) is 74.9 Å². The number of H-pyrrole nitrogens is 1. The highest BCUT2D eigenvalue weighted by molar-refractivity contribution is 5.05. The number of aromatic nitrogens is 2. The minimum atomic E-state index is -1.14.